The first kappa shape index (κ1) is 16.8. The van der Waals surface area contributed by atoms with Crippen LogP contribution in [0.15, 0.2) is 17.1 Å². The van der Waals surface area contributed by atoms with E-state index in [9.17, 15) is 0 Å². The SMILES string of the molecule is CN=C(NCc1c(C)cc(C)cc1C)NCC1(C)CCCO1. The molecule has 0 aromatic heterocycles. The molecule has 0 saturated carbocycles. The summed E-state index contributed by atoms with van der Waals surface area (Å²) in [6.45, 7) is 11.1. The van der Waals surface area contributed by atoms with Gasteiger partial charge in [0.05, 0.1) is 5.60 Å². The molecule has 1 aliphatic heterocycles. The van der Waals surface area contributed by atoms with Crippen LogP contribution in [0.2, 0.25) is 0 Å². The zero-order valence-electron chi connectivity index (χ0n) is 14.5. The maximum absolute atomic E-state index is 5.80. The van der Waals surface area contributed by atoms with Crippen molar-refractivity contribution in [2.45, 2.75) is 52.7 Å². The molecule has 2 rings (SSSR count). The Balaban J connectivity index is 1.92. The van der Waals surface area contributed by atoms with Crippen molar-refractivity contribution in [3.8, 4) is 0 Å². The molecule has 0 bridgehead atoms. The van der Waals surface area contributed by atoms with Gasteiger partial charge in [-0.15, -0.1) is 0 Å². The summed E-state index contributed by atoms with van der Waals surface area (Å²) in [5.74, 6) is 0.830. The predicted octanol–water partition coefficient (Wildman–Crippen LogP) is 2.85. The highest BCUT2D eigenvalue weighted by molar-refractivity contribution is 5.79. The highest BCUT2D eigenvalue weighted by Gasteiger charge is 2.29. The van der Waals surface area contributed by atoms with Crippen molar-refractivity contribution in [3.05, 3.63) is 34.4 Å². The van der Waals surface area contributed by atoms with Gasteiger partial charge in [0.15, 0.2) is 5.96 Å². The molecule has 122 valence electrons. The summed E-state index contributed by atoms with van der Waals surface area (Å²) in [6, 6.07) is 4.46. The molecule has 0 amide bonds. The maximum atomic E-state index is 5.80. The summed E-state index contributed by atoms with van der Waals surface area (Å²) in [4.78, 5) is 4.31. The first-order valence-corrected chi connectivity index (χ1v) is 8.09. The second kappa shape index (κ2) is 7.14. The lowest BCUT2D eigenvalue weighted by atomic mass is 10.00. The minimum Gasteiger partial charge on any atom is -0.373 e. The molecular formula is C18H29N3O. The van der Waals surface area contributed by atoms with E-state index in [4.69, 9.17) is 4.74 Å². The van der Waals surface area contributed by atoms with Crippen LogP contribution in [0.5, 0.6) is 0 Å². The van der Waals surface area contributed by atoms with Gasteiger partial charge in [0.2, 0.25) is 0 Å². The van der Waals surface area contributed by atoms with Gasteiger partial charge in [-0.3, -0.25) is 4.99 Å². The topological polar surface area (TPSA) is 45.7 Å². The normalized spacial score (nSPS) is 22.0. The number of hydrogen-bond acceptors (Lipinski definition) is 2. The molecule has 1 fully saturated rings. The van der Waals surface area contributed by atoms with E-state index < -0.39 is 0 Å². The largest absolute Gasteiger partial charge is 0.373 e. The van der Waals surface area contributed by atoms with Crippen molar-refractivity contribution in [2.75, 3.05) is 20.2 Å². The van der Waals surface area contributed by atoms with Crippen molar-refractivity contribution < 1.29 is 4.74 Å². The molecule has 4 nitrogen and oxygen atoms in total. The zero-order valence-corrected chi connectivity index (χ0v) is 14.5. The molecule has 0 spiro atoms. The van der Waals surface area contributed by atoms with Crippen molar-refractivity contribution in [1.82, 2.24) is 10.6 Å². The number of nitrogens with one attached hydrogen (secondary N) is 2. The lowest BCUT2D eigenvalue weighted by molar-refractivity contribution is 0.0243. The van der Waals surface area contributed by atoms with E-state index in [1.54, 1.807) is 0 Å². The smallest absolute Gasteiger partial charge is 0.191 e. The van der Waals surface area contributed by atoms with E-state index in [0.717, 1.165) is 38.5 Å². The van der Waals surface area contributed by atoms with Gasteiger partial charge in [0.25, 0.3) is 0 Å². The minimum absolute atomic E-state index is 0.0622. The van der Waals surface area contributed by atoms with E-state index in [-0.39, 0.29) is 5.60 Å². The Morgan fingerprint density at radius 3 is 2.45 bits per heavy atom. The molecule has 0 aliphatic carbocycles. The number of rotatable bonds is 4. The van der Waals surface area contributed by atoms with Crippen molar-refractivity contribution in [2.24, 2.45) is 4.99 Å². The van der Waals surface area contributed by atoms with Gasteiger partial charge in [-0.05, 0) is 57.2 Å². The van der Waals surface area contributed by atoms with Crippen LogP contribution < -0.4 is 10.6 Å². The number of nitrogens with zero attached hydrogens (tertiary/aromatic N) is 1. The van der Waals surface area contributed by atoms with Crippen LogP contribution in [0.1, 0.15) is 42.0 Å². The Hall–Kier alpha value is -1.55. The number of aryl methyl sites for hydroxylation is 3. The Kier molecular flexibility index (Phi) is 5.46. The van der Waals surface area contributed by atoms with Crippen LogP contribution >= 0.6 is 0 Å². The third-order valence-electron chi connectivity index (χ3n) is 4.43. The third-order valence-corrected chi connectivity index (χ3v) is 4.43. The third kappa shape index (κ3) is 4.23. The van der Waals surface area contributed by atoms with Crippen LogP contribution in [0, 0.1) is 20.8 Å². The Morgan fingerprint density at radius 2 is 1.91 bits per heavy atom. The zero-order chi connectivity index (χ0) is 16.2. The van der Waals surface area contributed by atoms with Crippen LogP contribution in [0.4, 0.5) is 0 Å². The van der Waals surface area contributed by atoms with Gasteiger partial charge < -0.3 is 15.4 Å². The lowest BCUT2D eigenvalue weighted by Crippen LogP contribution is -2.45. The second-order valence-electron chi connectivity index (χ2n) is 6.56. The molecule has 1 heterocycles. The van der Waals surface area contributed by atoms with Gasteiger partial charge >= 0.3 is 0 Å². The maximum Gasteiger partial charge on any atom is 0.191 e. The standard InChI is InChI=1S/C18H29N3O/c1-13-9-14(2)16(15(3)10-13)11-20-17(19-5)21-12-18(4)7-6-8-22-18/h9-10H,6-8,11-12H2,1-5H3,(H2,19,20,21). The molecule has 1 unspecified atom stereocenters. The lowest BCUT2D eigenvalue weighted by Gasteiger charge is -2.25. The molecule has 1 atom stereocenters. The fraction of sp³-hybridized carbons (Fsp3) is 0.611. The second-order valence-corrected chi connectivity index (χ2v) is 6.56. The summed E-state index contributed by atoms with van der Waals surface area (Å²) < 4.78 is 5.80. The number of hydrogen-bond donors (Lipinski definition) is 2. The summed E-state index contributed by atoms with van der Waals surface area (Å²) in [5, 5.41) is 6.80. The molecule has 22 heavy (non-hydrogen) atoms. The summed E-state index contributed by atoms with van der Waals surface area (Å²) in [5.41, 5.74) is 5.25. The molecule has 1 aromatic carbocycles. The number of aliphatic imine (C=N–C) groups is 1. The van der Waals surface area contributed by atoms with Crippen LogP contribution in [0.25, 0.3) is 0 Å². The molecule has 1 aromatic rings. The van der Waals surface area contributed by atoms with Gasteiger partial charge in [-0.25, -0.2) is 0 Å². The Morgan fingerprint density at radius 1 is 1.23 bits per heavy atom. The average Bonchev–Trinajstić information content (AvgIpc) is 2.88. The molecule has 4 heteroatoms. The fourth-order valence-corrected chi connectivity index (χ4v) is 3.13. The van der Waals surface area contributed by atoms with Crippen LogP contribution in [-0.4, -0.2) is 31.8 Å². The number of benzene rings is 1. The van der Waals surface area contributed by atoms with E-state index in [1.165, 1.54) is 22.3 Å². The summed E-state index contributed by atoms with van der Waals surface area (Å²) in [7, 11) is 1.81. The van der Waals surface area contributed by atoms with Crippen molar-refractivity contribution >= 4 is 5.96 Å². The van der Waals surface area contributed by atoms with Crippen molar-refractivity contribution in [1.29, 1.82) is 0 Å². The average molecular weight is 303 g/mol. The van der Waals surface area contributed by atoms with E-state index in [2.05, 4.69) is 55.5 Å². The fourth-order valence-electron chi connectivity index (χ4n) is 3.13. The highest BCUT2D eigenvalue weighted by Crippen LogP contribution is 2.23. The van der Waals surface area contributed by atoms with Gasteiger partial charge in [-0.1, -0.05) is 17.7 Å². The number of guanidine groups is 1. The van der Waals surface area contributed by atoms with Gasteiger partial charge in [-0.2, -0.15) is 0 Å². The molecule has 1 aliphatic rings. The van der Waals surface area contributed by atoms with Crippen molar-refractivity contribution in [3.63, 3.8) is 0 Å². The minimum atomic E-state index is -0.0622. The van der Waals surface area contributed by atoms with Gasteiger partial charge in [0.1, 0.15) is 0 Å². The first-order valence-electron chi connectivity index (χ1n) is 8.09. The van der Waals surface area contributed by atoms with Crippen LogP contribution in [-0.2, 0) is 11.3 Å². The number of ether oxygens (including phenoxy) is 1. The first-order chi connectivity index (χ1) is 10.4. The van der Waals surface area contributed by atoms with Gasteiger partial charge in [0, 0.05) is 26.7 Å². The Labute approximate surface area is 134 Å². The predicted molar refractivity (Wildman–Crippen MR) is 92.4 cm³/mol. The molecule has 2 N–H and O–H groups in total. The summed E-state index contributed by atoms with van der Waals surface area (Å²) >= 11 is 0. The molecular weight excluding hydrogens is 274 g/mol. The van der Waals surface area contributed by atoms with Crippen LogP contribution in [0.3, 0.4) is 0 Å². The molecule has 0 radical (unpaired) electrons. The highest BCUT2D eigenvalue weighted by atomic mass is 16.5. The van der Waals surface area contributed by atoms with E-state index in [1.807, 2.05) is 7.05 Å². The van der Waals surface area contributed by atoms with E-state index >= 15 is 0 Å². The summed E-state index contributed by atoms with van der Waals surface area (Å²) in [6.07, 6.45) is 2.25. The monoisotopic (exact) mass is 303 g/mol. The molecule has 1 saturated heterocycles. The van der Waals surface area contributed by atoms with E-state index in [0.29, 0.717) is 0 Å². The quantitative estimate of drug-likeness (QED) is 0.664. The Bertz CT molecular complexity index is 522.